The molecule has 0 aliphatic carbocycles. The van der Waals surface area contributed by atoms with Gasteiger partial charge in [-0.15, -0.1) is 0 Å². The molecule has 0 saturated carbocycles. The maximum Gasteiger partial charge on any atom is 0.297 e. The van der Waals surface area contributed by atoms with Crippen molar-refractivity contribution in [1.29, 1.82) is 0 Å². The fourth-order valence-corrected chi connectivity index (χ4v) is 2.56. The number of carbonyl (C=O) groups is 1. The van der Waals surface area contributed by atoms with Crippen LogP contribution in [0.4, 0.5) is 0 Å². The van der Waals surface area contributed by atoms with E-state index in [0.717, 1.165) is 7.11 Å². The van der Waals surface area contributed by atoms with Gasteiger partial charge in [-0.3, -0.25) is 8.98 Å². The van der Waals surface area contributed by atoms with Crippen LogP contribution in [0.2, 0.25) is 0 Å². The van der Waals surface area contributed by atoms with E-state index in [9.17, 15) is 13.2 Å². The molecule has 0 bridgehead atoms. The predicted octanol–water partition coefficient (Wildman–Crippen LogP) is 2.25. The second kappa shape index (κ2) is 5.34. The molecule has 19 heavy (non-hydrogen) atoms. The first-order valence-electron chi connectivity index (χ1n) is 5.55. The molecule has 0 heterocycles. The van der Waals surface area contributed by atoms with Gasteiger partial charge >= 0.3 is 0 Å². The average Bonchev–Trinajstić information content (AvgIpc) is 2.47. The Bertz CT molecular complexity index is 690. The quantitative estimate of drug-likeness (QED) is 0.635. The predicted molar refractivity (Wildman–Crippen MR) is 70.5 cm³/mol. The van der Waals surface area contributed by atoms with Crippen LogP contribution in [0, 0.1) is 0 Å². The van der Waals surface area contributed by atoms with Gasteiger partial charge in [-0.05, 0) is 12.1 Å². The van der Waals surface area contributed by atoms with E-state index in [0.29, 0.717) is 5.56 Å². The first-order chi connectivity index (χ1) is 9.06. The van der Waals surface area contributed by atoms with Crippen molar-refractivity contribution in [2.45, 2.75) is 4.90 Å². The highest BCUT2D eigenvalue weighted by Crippen LogP contribution is 2.20. The van der Waals surface area contributed by atoms with Gasteiger partial charge in [0.15, 0.2) is 5.78 Å². The topological polar surface area (TPSA) is 60.4 Å². The standard InChI is InChI=1S/C14H12O4S/c1-18-19(16,17)13-10-6-5-9-12(13)14(15)11-7-3-2-4-8-11/h2-10H,1H3. The molecule has 0 saturated heterocycles. The highest BCUT2D eigenvalue weighted by molar-refractivity contribution is 7.86. The van der Waals surface area contributed by atoms with Gasteiger partial charge in [0.1, 0.15) is 4.90 Å². The second-order valence-electron chi connectivity index (χ2n) is 3.81. The minimum absolute atomic E-state index is 0.107. The summed E-state index contributed by atoms with van der Waals surface area (Å²) >= 11 is 0. The van der Waals surface area contributed by atoms with E-state index >= 15 is 0 Å². The summed E-state index contributed by atoms with van der Waals surface area (Å²) in [5.41, 5.74) is 0.539. The van der Waals surface area contributed by atoms with Crippen LogP contribution in [0.15, 0.2) is 59.5 Å². The Morgan fingerprint density at radius 2 is 1.53 bits per heavy atom. The molecular weight excluding hydrogens is 264 g/mol. The zero-order valence-electron chi connectivity index (χ0n) is 10.2. The largest absolute Gasteiger partial charge is 0.297 e. The van der Waals surface area contributed by atoms with Crippen LogP contribution in [-0.2, 0) is 14.3 Å². The maximum absolute atomic E-state index is 12.3. The van der Waals surface area contributed by atoms with Crippen LogP contribution in [0.1, 0.15) is 15.9 Å². The molecule has 0 atom stereocenters. The number of carbonyl (C=O) groups excluding carboxylic acids is 1. The summed E-state index contributed by atoms with van der Waals surface area (Å²) in [6.07, 6.45) is 0. The molecule has 0 fully saturated rings. The number of rotatable bonds is 4. The summed E-state index contributed by atoms with van der Waals surface area (Å²) in [6, 6.07) is 14.5. The lowest BCUT2D eigenvalue weighted by atomic mass is 10.0. The van der Waals surface area contributed by atoms with Crippen molar-refractivity contribution >= 4 is 15.9 Å². The number of hydrogen-bond donors (Lipinski definition) is 0. The summed E-state index contributed by atoms with van der Waals surface area (Å²) in [5, 5.41) is 0. The maximum atomic E-state index is 12.3. The Kier molecular flexibility index (Phi) is 3.78. The highest BCUT2D eigenvalue weighted by atomic mass is 32.2. The van der Waals surface area contributed by atoms with Crippen molar-refractivity contribution in [2.75, 3.05) is 7.11 Å². The van der Waals surface area contributed by atoms with Gasteiger partial charge in [0.05, 0.1) is 7.11 Å². The van der Waals surface area contributed by atoms with E-state index < -0.39 is 10.1 Å². The van der Waals surface area contributed by atoms with E-state index in [1.807, 2.05) is 0 Å². The lowest BCUT2D eigenvalue weighted by Crippen LogP contribution is -2.11. The van der Waals surface area contributed by atoms with E-state index in [1.54, 1.807) is 42.5 Å². The molecule has 0 amide bonds. The normalized spacial score (nSPS) is 11.2. The summed E-state index contributed by atoms with van der Waals surface area (Å²) in [6.45, 7) is 0. The number of benzene rings is 2. The molecule has 0 radical (unpaired) electrons. The molecule has 98 valence electrons. The van der Waals surface area contributed by atoms with Gasteiger partial charge in [0.2, 0.25) is 0 Å². The molecule has 0 aliphatic rings. The monoisotopic (exact) mass is 276 g/mol. The van der Waals surface area contributed by atoms with Crippen LogP contribution in [-0.4, -0.2) is 21.3 Å². The molecule has 0 unspecified atom stereocenters. The Morgan fingerprint density at radius 1 is 0.947 bits per heavy atom. The van der Waals surface area contributed by atoms with Crippen molar-refractivity contribution in [3.8, 4) is 0 Å². The summed E-state index contributed by atoms with van der Waals surface area (Å²) in [4.78, 5) is 12.2. The average molecular weight is 276 g/mol. The minimum atomic E-state index is -3.90. The molecule has 0 N–H and O–H groups in total. The Morgan fingerprint density at radius 3 is 2.16 bits per heavy atom. The van der Waals surface area contributed by atoms with Gasteiger partial charge in [-0.1, -0.05) is 42.5 Å². The Labute approximate surface area is 111 Å². The molecule has 0 aromatic heterocycles. The van der Waals surface area contributed by atoms with Crippen molar-refractivity contribution in [2.24, 2.45) is 0 Å². The molecule has 0 spiro atoms. The van der Waals surface area contributed by atoms with Crippen molar-refractivity contribution < 1.29 is 17.4 Å². The smallest absolute Gasteiger partial charge is 0.289 e. The third-order valence-electron chi connectivity index (χ3n) is 2.66. The summed E-state index contributed by atoms with van der Waals surface area (Å²) in [5.74, 6) is -0.350. The zero-order valence-corrected chi connectivity index (χ0v) is 11.1. The molecule has 2 rings (SSSR count). The van der Waals surface area contributed by atoms with Crippen molar-refractivity contribution in [3.05, 3.63) is 65.7 Å². The van der Waals surface area contributed by atoms with Gasteiger partial charge in [-0.25, -0.2) is 0 Å². The van der Waals surface area contributed by atoms with Crippen LogP contribution < -0.4 is 0 Å². The highest BCUT2D eigenvalue weighted by Gasteiger charge is 2.22. The Balaban J connectivity index is 2.56. The number of hydrogen-bond acceptors (Lipinski definition) is 4. The second-order valence-corrected chi connectivity index (χ2v) is 5.49. The lowest BCUT2D eigenvalue weighted by Gasteiger charge is -2.07. The molecule has 0 aliphatic heterocycles. The van der Waals surface area contributed by atoms with Crippen LogP contribution in [0.25, 0.3) is 0 Å². The SMILES string of the molecule is COS(=O)(=O)c1ccccc1C(=O)c1ccccc1. The zero-order chi connectivity index (χ0) is 13.9. The van der Waals surface area contributed by atoms with Gasteiger partial charge < -0.3 is 0 Å². The van der Waals surface area contributed by atoms with Crippen LogP contribution in [0.3, 0.4) is 0 Å². The Hall–Kier alpha value is -1.98. The fraction of sp³-hybridized carbons (Fsp3) is 0.0714. The molecule has 5 heteroatoms. The number of ketones is 1. The van der Waals surface area contributed by atoms with E-state index in [2.05, 4.69) is 4.18 Å². The van der Waals surface area contributed by atoms with Crippen molar-refractivity contribution in [3.63, 3.8) is 0 Å². The van der Waals surface area contributed by atoms with Gasteiger partial charge in [-0.2, -0.15) is 8.42 Å². The van der Waals surface area contributed by atoms with Gasteiger partial charge in [0, 0.05) is 11.1 Å². The van der Waals surface area contributed by atoms with Crippen LogP contribution >= 0.6 is 0 Å². The van der Waals surface area contributed by atoms with E-state index in [1.165, 1.54) is 12.1 Å². The van der Waals surface area contributed by atoms with E-state index in [4.69, 9.17) is 0 Å². The van der Waals surface area contributed by atoms with Crippen LogP contribution in [0.5, 0.6) is 0 Å². The summed E-state index contributed by atoms with van der Waals surface area (Å²) < 4.78 is 28.0. The fourth-order valence-electron chi connectivity index (χ4n) is 1.71. The third-order valence-corrected chi connectivity index (χ3v) is 3.99. The third kappa shape index (κ3) is 2.72. The molecular formula is C14H12O4S. The molecule has 2 aromatic carbocycles. The van der Waals surface area contributed by atoms with E-state index in [-0.39, 0.29) is 16.2 Å². The summed E-state index contributed by atoms with van der Waals surface area (Å²) in [7, 11) is -2.83. The van der Waals surface area contributed by atoms with Gasteiger partial charge in [0.25, 0.3) is 10.1 Å². The van der Waals surface area contributed by atoms with Crippen molar-refractivity contribution in [1.82, 2.24) is 0 Å². The first kappa shape index (κ1) is 13.5. The first-order valence-corrected chi connectivity index (χ1v) is 6.96. The lowest BCUT2D eigenvalue weighted by molar-refractivity contribution is 0.103. The minimum Gasteiger partial charge on any atom is -0.289 e. The molecule has 4 nitrogen and oxygen atoms in total. The molecule has 2 aromatic rings.